The lowest BCUT2D eigenvalue weighted by Crippen LogP contribution is -2.39. The summed E-state index contributed by atoms with van der Waals surface area (Å²) < 4.78 is 13.8. The first-order valence-electron chi connectivity index (χ1n) is 11.4. The van der Waals surface area contributed by atoms with Crippen molar-refractivity contribution in [3.8, 4) is 22.9 Å². The van der Waals surface area contributed by atoms with E-state index in [0.717, 1.165) is 36.3 Å². The van der Waals surface area contributed by atoms with Crippen LogP contribution < -0.4 is 4.74 Å². The van der Waals surface area contributed by atoms with Crippen molar-refractivity contribution < 1.29 is 14.3 Å². The van der Waals surface area contributed by atoms with Crippen molar-refractivity contribution in [2.45, 2.75) is 39.3 Å². The number of ether oxygens (including phenoxy) is 2. The topological polar surface area (TPSA) is 56.6 Å². The van der Waals surface area contributed by atoms with E-state index in [-0.39, 0.29) is 17.9 Å². The lowest BCUT2D eigenvalue weighted by Gasteiger charge is -2.27. The van der Waals surface area contributed by atoms with Gasteiger partial charge < -0.3 is 14.4 Å². The molecule has 0 N–H and O–H groups in total. The lowest BCUT2D eigenvalue weighted by molar-refractivity contribution is -0.136. The molecule has 6 nitrogen and oxygen atoms in total. The maximum Gasteiger partial charge on any atom is 0.225 e. The van der Waals surface area contributed by atoms with Gasteiger partial charge in [-0.3, -0.25) is 4.79 Å². The minimum atomic E-state index is -0.129. The third kappa shape index (κ3) is 5.40. The number of para-hydroxylation sites is 1. The van der Waals surface area contributed by atoms with Crippen LogP contribution in [0, 0.1) is 5.92 Å². The lowest BCUT2D eigenvalue weighted by atomic mass is 10.1. The van der Waals surface area contributed by atoms with E-state index in [0.29, 0.717) is 29.7 Å². The van der Waals surface area contributed by atoms with Gasteiger partial charge in [-0.2, -0.15) is 5.10 Å². The van der Waals surface area contributed by atoms with Crippen LogP contribution in [0.15, 0.2) is 54.6 Å². The number of hydrogen-bond donors (Lipinski definition) is 0. The van der Waals surface area contributed by atoms with Gasteiger partial charge >= 0.3 is 0 Å². The number of carbonyl (C=O) groups excluding carboxylic acids is 1. The molecule has 1 saturated heterocycles. The van der Waals surface area contributed by atoms with E-state index in [1.54, 1.807) is 10.7 Å². The van der Waals surface area contributed by atoms with Crippen LogP contribution in [0.3, 0.4) is 0 Å². The highest BCUT2D eigenvalue weighted by Crippen LogP contribution is 2.36. The number of benzene rings is 2. The van der Waals surface area contributed by atoms with Crippen molar-refractivity contribution in [3.05, 3.63) is 65.2 Å². The number of nitrogens with zero attached hydrogens (tertiary/aromatic N) is 3. The molecule has 7 heteroatoms. The molecule has 33 heavy (non-hydrogen) atoms. The first-order chi connectivity index (χ1) is 15.9. The predicted molar refractivity (Wildman–Crippen MR) is 129 cm³/mol. The van der Waals surface area contributed by atoms with Gasteiger partial charge in [0, 0.05) is 31.7 Å². The fourth-order valence-corrected chi connectivity index (χ4v) is 4.28. The zero-order chi connectivity index (χ0) is 23.4. The number of aromatic nitrogens is 2. The summed E-state index contributed by atoms with van der Waals surface area (Å²) >= 11 is 6.38. The van der Waals surface area contributed by atoms with E-state index < -0.39 is 0 Å². The summed E-state index contributed by atoms with van der Waals surface area (Å²) in [5.41, 5.74) is 2.59. The van der Waals surface area contributed by atoms with Gasteiger partial charge in [0.1, 0.15) is 11.4 Å². The van der Waals surface area contributed by atoms with Crippen LogP contribution in [0.25, 0.3) is 11.3 Å². The van der Waals surface area contributed by atoms with Crippen molar-refractivity contribution in [1.82, 2.24) is 14.7 Å². The van der Waals surface area contributed by atoms with Crippen molar-refractivity contribution in [2.75, 3.05) is 13.2 Å². The second kappa shape index (κ2) is 10.4. The van der Waals surface area contributed by atoms with Gasteiger partial charge in [0.05, 0.1) is 23.2 Å². The van der Waals surface area contributed by atoms with Crippen LogP contribution in [0.1, 0.15) is 32.3 Å². The predicted octanol–water partition coefficient (Wildman–Crippen LogP) is 5.70. The summed E-state index contributed by atoms with van der Waals surface area (Å²) in [7, 11) is 1.84. The molecule has 0 aliphatic carbocycles. The Morgan fingerprint density at radius 2 is 1.94 bits per heavy atom. The van der Waals surface area contributed by atoms with E-state index in [4.69, 9.17) is 26.2 Å². The number of amides is 1. The Morgan fingerprint density at radius 3 is 2.61 bits per heavy atom. The molecule has 1 amide bonds. The van der Waals surface area contributed by atoms with E-state index in [1.807, 2.05) is 74.3 Å². The van der Waals surface area contributed by atoms with Gasteiger partial charge in [0.15, 0.2) is 0 Å². The minimum absolute atomic E-state index is 0.0532. The van der Waals surface area contributed by atoms with E-state index in [9.17, 15) is 4.79 Å². The molecule has 1 unspecified atom stereocenters. The summed E-state index contributed by atoms with van der Waals surface area (Å²) in [5.74, 6) is 1.06. The van der Waals surface area contributed by atoms with Crippen molar-refractivity contribution in [1.29, 1.82) is 0 Å². The Labute approximate surface area is 200 Å². The smallest absolute Gasteiger partial charge is 0.225 e. The zero-order valence-corrected chi connectivity index (χ0v) is 20.1. The zero-order valence-electron chi connectivity index (χ0n) is 19.3. The van der Waals surface area contributed by atoms with Crippen molar-refractivity contribution in [3.63, 3.8) is 0 Å². The van der Waals surface area contributed by atoms with Crippen LogP contribution in [0.5, 0.6) is 11.6 Å². The third-order valence-electron chi connectivity index (χ3n) is 5.78. The Kier molecular flexibility index (Phi) is 7.36. The standard InChI is InChI=1S/C26H30ClN3O3/c1-18(2)25(31)30(16-20-12-9-15-32-20)17-21-24(19-10-5-4-6-11-19)28-29(3)26(21)33-23-14-8-7-13-22(23)27/h4-8,10-11,13-14,18,20H,9,12,15-17H2,1-3H3. The van der Waals surface area contributed by atoms with Crippen LogP contribution in [-0.2, 0) is 23.1 Å². The second-order valence-electron chi connectivity index (χ2n) is 8.66. The number of carbonyl (C=O) groups is 1. The van der Waals surface area contributed by atoms with Crippen LogP contribution in [0.2, 0.25) is 5.02 Å². The molecule has 174 valence electrons. The molecule has 3 aromatic rings. The highest BCUT2D eigenvalue weighted by molar-refractivity contribution is 6.32. The molecule has 2 aromatic carbocycles. The Hall–Kier alpha value is -2.83. The molecule has 2 heterocycles. The van der Waals surface area contributed by atoms with Crippen LogP contribution in [-0.4, -0.2) is 39.8 Å². The maximum absolute atomic E-state index is 13.2. The van der Waals surface area contributed by atoms with E-state index in [2.05, 4.69) is 0 Å². The van der Waals surface area contributed by atoms with Crippen molar-refractivity contribution >= 4 is 17.5 Å². The maximum atomic E-state index is 13.2. The first kappa shape index (κ1) is 23.3. The Morgan fingerprint density at radius 1 is 1.21 bits per heavy atom. The molecule has 4 rings (SSSR count). The van der Waals surface area contributed by atoms with Gasteiger partial charge in [-0.15, -0.1) is 0 Å². The molecule has 0 spiro atoms. The minimum Gasteiger partial charge on any atom is -0.437 e. The van der Waals surface area contributed by atoms with Crippen molar-refractivity contribution in [2.24, 2.45) is 13.0 Å². The summed E-state index contributed by atoms with van der Waals surface area (Å²) in [4.78, 5) is 15.1. The molecule has 1 aliphatic heterocycles. The number of hydrogen-bond acceptors (Lipinski definition) is 4. The Bertz CT molecular complexity index is 1090. The SMILES string of the molecule is CC(C)C(=O)N(Cc1c(-c2ccccc2)nn(C)c1Oc1ccccc1Cl)CC1CCCO1. The van der Waals surface area contributed by atoms with Gasteiger partial charge in [-0.25, -0.2) is 4.68 Å². The molecule has 1 atom stereocenters. The fraction of sp³-hybridized carbons (Fsp3) is 0.385. The summed E-state index contributed by atoms with van der Waals surface area (Å²) in [6.07, 6.45) is 2.04. The van der Waals surface area contributed by atoms with E-state index in [1.165, 1.54) is 0 Å². The van der Waals surface area contributed by atoms with Gasteiger partial charge in [0.25, 0.3) is 0 Å². The molecule has 1 aromatic heterocycles. The third-order valence-corrected chi connectivity index (χ3v) is 6.09. The highest BCUT2D eigenvalue weighted by Gasteiger charge is 2.28. The highest BCUT2D eigenvalue weighted by atomic mass is 35.5. The van der Waals surface area contributed by atoms with Gasteiger partial charge in [-0.05, 0) is 25.0 Å². The average Bonchev–Trinajstić information content (AvgIpc) is 3.43. The molecular formula is C26H30ClN3O3. The molecule has 0 saturated carbocycles. The summed E-state index contributed by atoms with van der Waals surface area (Å²) in [6, 6.07) is 17.3. The fourth-order valence-electron chi connectivity index (χ4n) is 4.10. The number of halogens is 1. The molecule has 1 aliphatic rings. The quantitative estimate of drug-likeness (QED) is 0.426. The first-order valence-corrected chi connectivity index (χ1v) is 11.8. The Balaban J connectivity index is 1.75. The molecule has 1 fully saturated rings. The van der Waals surface area contributed by atoms with Gasteiger partial charge in [-0.1, -0.05) is 67.9 Å². The molecule has 0 bridgehead atoms. The normalized spacial score (nSPS) is 15.7. The summed E-state index contributed by atoms with van der Waals surface area (Å²) in [5, 5.41) is 5.29. The average molecular weight is 468 g/mol. The molecular weight excluding hydrogens is 438 g/mol. The summed E-state index contributed by atoms with van der Waals surface area (Å²) in [6.45, 7) is 5.51. The van der Waals surface area contributed by atoms with E-state index >= 15 is 0 Å². The van der Waals surface area contributed by atoms with Gasteiger partial charge in [0.2, 0.25) is 11.8 Å². The van der Waals surface area contributed by atoms with Crippen LogP contribution >= 0.6 is 11.6 Å². The van der Waals surface area contributed by atoms with Crippen LogP contribution in [0.4, 0.5) is 0 Å². The number of aryl methyl sites for hydroxylation is 1. The monoisotopic (exact) mass is 467 g/mol. The largest absolute Gasteiger partial charge is 0.437 e. The molecule has 0 radical (unpaired) electrons. The number of rotatable bonds is 8. The second-order valence-corrected chi connectivity index (χ2v) is 9.07.